The largest absolute Gasteiger partial charge is 0.508 e. The number of aryl methyl sites for hydroxylation is 1. The lowest BCUT2D eigenvalue weighted by Crippen LogP contribution is -2.21. The second-order valence-corrected chi connectivity index (χ2v) is 6.93. The van der Waals surface area contributed by atoms with Crippen LogP contribution in [0.4, 0.5) is 0 Å². The lowest BCUT2D eigenvalue weighted by atomic mass is 10.1. The Morgan fingerprint density at radius 2 is 1.77 bits per heavy atom. The van der Waals surface area contributed by atoms with Gasteiger partial charge in [-0.2, -0.15) is 0 Å². The molecule has 4 rings (SSSR count). The van der Waals surface area contributed by atoms with Crippen molar-refractivity contribution < 1.29 is 15.7 Å². The van der Waals surface area contributed by atoms with Crippen molar-refractivity contribution in [2.75, 3.05) is 14.1 Å². The highest BCUT2D eigenvalue weighted by atomic mass is 16.4. The number of aromatic nitrogens is 4. The summed E-state index contributed by atoms with van der Waals surface area (Å²) >= 11 is 0. The Morgan fingerprint density at radius 3 is 2.47 bits per heavy atom. The van der Waals surface area contributed by atoms with Gasteiger partial charge in [0.2, 0.25) is 5.89 Å². The molecule has 0 saturated carbocycles. The van der Waals surface area contributed by atoms with Crippen LogP contribution in [-0.2, 0) is 0 Å². The molecule has 0 spiro atoms. The van der Waals surface area contributed by atoms with Gasteiger partial charge in [-0.25, -0.2) is 4.98 Å². The fourth-order valence-electron chi connectivity index (χ4n) is 2.91. The van der Waals surface area contributed by atoms with Crippen LogP contribution in [0.15, 0.2) is 59.1 Å². The highest BCUT2D eigenvalue weighted by Crippen LogP contribution is 2.28. The molecule has 4 aromatic rings. The molecule has 0 unspecified atom stereocenters. The predicted molar refractivity (Wildman–Crippen MR) is 113 cm³/mol. The summed E-state index contributed by atoms with van der Waals surface area (Å²) in [7, 11) is 3.42. The maximum Gasteiger partial charge on any atom is 0.268 e. The van der Waals surface area contributed by atoms with Gasteiger partial charge in [0.05, 0.1) is 17.6 Å². The molecule has 8 heteroatoms. The summed E-state index contributed by atoms with van der Waals surface area (Å²) in [6.07, 6.45) is 1.66. The van der Waals surface area contributed by atoms with Crippen LogP contribution in [0.5, 0.6) is 5.75 Å². The molecule has 1 amide bonds. The summed E-state index contributed by atoms with van der Waals surface area (Å²) in [5, 5.41) is 17.8. The number of amides is 1. The Morgan fingerprint density at radius 1 is 1.03 bits per heavy atom. The Hall–Kier alpha value is -4.07. The van der Waals surface area contributed by atoms with Crippen LogP contribution < -0.4 is 0 Å². The summed E-state index contributed by atoms with van der Waals surface area (Å²) in [5.41, 5.74) is 3.75. The van der Waals surface area contributed by atoms with E-state index in [0.717, 1.165) is 5.56 Å². The summed E-state index contributed by atoms with van der Waals surface area (Å²) < 4.78 is 5.77. The minimum Gasteiger partial charge on any atom is -0.508 e. The molecule has 0 saturated heterocycles. The zero-order chi connectivity index (χ0) is 21.3. The predicted octanol–water partition coefficient (Wildman–Crippen LogP) is 3.82. The van der Waals surface area contributed by atoms with Gasteiger partial charge in [0.25, 0.3) is 11.8 Å². The van der Waals surface area contributed by atoms with Crippen molar-refractivity contribution in [2.45, 2.75) is 6.92 Å². The summed E-state index contributed by atoms with van der Waals surface area (Å²) in [5.74, 6) is 0.558. The third-order valence-electron chi connectivity index (χ3n) is 4.51. The maximum absolute atomic E-state index is 12.1. The van der Waals surface area contributed by atoms with Crippen molar-refractivity contribution in [3.8, 4) is 40.0 Å². The van der Waals surface area contributed by atoms with Crippen LogP contribution in [0, 0.1) is 6.92 Å². The average molecular weight is 403 g/mol. The molecule has 1 N–H and O–H groups in total. The number of rotatable bonds is 4. The number of carbonyl (C=O) groups excluding carboxylic acids is 1. The molecular formula is C22H21N5O3. The Balaban J connectivity index is 0.00000272. The standard InChI is InChI=1S/C22H19N5O3.H2/c1-13-19(21-26-25-20(30-21)16-5-4-6-17(28)11-16)24-18(12-23-13)14-7-9-15(10-8-14)22(29)27(2)3;/h4-12,28H,1-3H3;1H. The zero-order valence-electron chi connectivity index (χ0n) is 16.7. The second-order valence-electron chi connectivity index (χ2n) is 6.93. The first-order chi connectivity index (χ1) is 14.4. The van der Waals surface area contributed by atoms with Crippen LogP contribution in [0.25, 0.3) is 34.3 Å². The highest BCUT2D eigenvalue weighted by molar-refractivity contribution is 5.94. The molecule has 8 nitrogen and oxygen atoms in total. The summed E-state index contributed by atoms with van der Waals surface area (Å²) in [4.78, 5) is 22.6. The van der Waals surface area contributed by atoms with E-state index in [1.54, 1.807) is 56.7 Å². The van der Waals surface area contributed by atoms with Gasteiger partial charge >= 0.3 is 0 Å². The van der Waals surface area contributed by atoms with Gasteiger partial charge in [-0.1, -0.05) is 18.2 Å². The first-order valence-electron chi connectivity index (χ1n) is 9.21. The molecule has 0 atom stereocenters. The highest BCUT2D eigenvalue weighted by Gasteiger charge is 2.17. The van der Waals surface area contributed by atoms with Crippen molar-refractivity contribution in [3.63, 3.8) is 0 Å². The third kappa shape index (κ3) is 3.75. The quantitative estimate of drug-likeness (QED) is 0.552. The van der Waals surface area contributed by atoms with Gasteiger partial charge < -0.3 is 14.4 Å². The SMILES string of the molecule is Cc1ncc(-c2ccc(C(=O)N(C)C)cc2)nc1-c1nnc(-c2cccc(O)c2)o1.[HH]. The van der Waals surface area contributed by atoms with E-state index in [-0.39, 0.29) is 24.9 Å². The van der Waals surface area contributed by atoms with E-state index in [2.05, 4.69) is 20.2 Å². The number of nitrogens with zero attached hydrogens (tertiary/aromatic N) is 5. The molecule has 152 valence electrons. The third-order valence-corrected chi connectivity index (χ3v) is 4.51. The van der Waals surface area contributed by atoms with E-state index in [4.69, 9.17) is 4.42 Å². The molecule has 0 aliphatic rings. The molecule has 0 aliphatic heterocycles. The van der Waals surface area contributed by atoms with Crippen LogP contribution in [0.3, 0.4) is 0 Å². The first-order valence-corrected chi connectivity index (χ1v) is 9.21. The van der Waals surface area contributed by atoms with Crippen molar-refractivity contribution in [2.24, 2.45) is 0 Å². The van der Waals surface area contributed by atoms with E-state index in [1.807, 2.05) is 19.1 Å². The molecule has 0 aliphatic carbocycles. The van der Waals surface area contributed by atoms with Crippen LogP contribution in [0.1, 0.15) is 17.5 Å². The first kappa shape index (κ1) is 19.3. The fraction of sp³-hybridized carbons (Fsp3) is 0.136. The van der Waals surface area contributed by atoms with Gasteiger partial charge in [0.1, 0.15) is 11.4 Å². The Bertz CT molecular complexity index is 1220. The van der Waals surface area contributed by atoms with E-state index in [0.29, 0.717) is 28.2 Å². The Labute approximate surface area is 174 Å². The molecule has 0 bridgehead atoms. The van der Waals surface area contributed by atoms with Crippen molar-refractivity contribution in [1.29, 1.82) is 0 Å². The number of carbonyl (C=O) groups is 1. The van der Waals surface area contributed by atoms with Crippen molar-refractivity contribution in [3.05, 3.63) is 66.0 Å². The van der Waals surface area contributed by atoms with E-state index in [1.165, 1.54) is 4.90 Å². The molecule has 30 heavy (non-hydrogen) atoms. The van der Waals surface area contributed by atoms with Crippen LogP contribution in [0.2, 0.25) is 0 Å². The molecule has 2 aromatic carbocycles. The number of phenols is 1. The average Bonchev–Trinajstić information content (AvgIpc) is 3.24. The van der Waals surface area contributed by atoms with Gasteiger partial charge in [-0.05, 0) is 37.3 Å². The monoisotopic (exact) mass is 403 g/mol. The normalized spacial score (nSPS) is 10.8. The topological polar surface area (TPSA) is 105 Å². The number of aromatic hydroxyl groups is 1. The number of phenolic OH excluding ortho intramolecular Hbond substituents is 1. The van der Waals surface area contributed by atoms with Crippen LogP contribution >= 0.6 is 0 Å². The second kappa shape index (κ2) is 7.75. The number of benzene rings is 2. The number of hydrogen-bond acceptors (Lipinski definition) is 7. The Kier molecular flexibility index (Phi) is 4.97. The van der Waals surface area contributed by atoms with Gasteiger partial charge in [0, 0.05) is 32.2 Å². The fourth-order valence-corrected chi connectivity index (χ4v) is 2.91. The smallest absolute Gasteiger partial charge is 0.268 e. The minimum absolute atomic E-state index is 0. The zero-order valence-corrected chi connectivity index (χ0v) is 16.7. The molecular weight excluding hydrogens is 382 g/mol. The van der Waals surface area contributed by atoms with E-state index in [9.17, 15) is 9.90 Å². The summed E-state index contributed by atoms with van der Waals surface area (Å²) in [6, 6.07) is 13.7. The van der Waals surface area contributed by atoms with Crippen molar-refractivity contribution in [1.82, 2.24) is 25.1 Å². The molecule has 2 heterocycles. The van der Waals surface area contributed by atoms with E-state index >= 15 is 0 Å². The lowest BCUT2D eigenvalue weighted by Gasteiger charge is -2.10. The van der Waals surface area contributed by atoms with Crippen LogP contribution in [-0.4, -0.2) is 50.2 Å². The molecule has 0 radical (unpaired) electrons. The summed E-state index contributed by atoms with van der Waals surface area (Å²) in [6.45, 7) is 1.81. The van der Waals surface area contributed by atoms with Gasteiger partial charge in [-0.3, -0.25) is 9.78 Å². The van der Waals surface area contributed by atoms with Gasteiger partial charge in [-0.15, -0.1) is 10.2 Å². The van der Waals surface area contributed by atoms with Gasteiger partial charge in [0.15, 0.2) is 0 Å². The lowest BCUT2D eigenvalue weighted by molar-refractivity contribution is 0.0827. The molecule has 2 aromatic heterocycles. The molecule has 0 fully saturated rings. The van der Waals surface area contributed by atoms with Crippen molar-refractivity contribution >= 4 is 5.91 Å². The number of hydrogen-bond donors (Lipinski definition) is 1. The maximum atomic E-state index is 12.1. The minimum atomic E-state index is -0.0671. The van der Waals surface area contributed by atoms with E-state index < -0.39 is 0 Å².